The third-order valence-corrected chi connectivity index (χ3v) is 4.46. The number of hydrogen-bond acceptors (Lipinski definition) is 4. The van der Waals surface area contributed by atoms with Crippen molar-refractivity contribution in [2.75, 3.05) is 18.8 Å². The highest BCUT2D eigenvalue weighted by Crippen LogP contribution is 2.35. The summed E-state index contributed by atoms with van der Waals surface area (Å²) in [5.74, 6) is -1.92. The van der Waals surface area contributed by atoms with Gasteiger partial charge in [-0.25, -0.2) is 4.79 Å². The first-order valence-electron chi connectivity index (χ1n) is 7.34. The van der Waals surface area contributed by atoms with E-state index >= 15 is 0 Å². The van der Waals surface area contributed by atoms with Gasteiger partial charge < -0.3 is 20.5 Å². The first kappa shape index (κ1) is 17.6. The maximum absolute atomic E-state index is 12.2. The Balaban J connectivity index is 2.23. The van der Waals surface area contributed by atoms with Gasteiger partial charge in [-0.2, -0.15) is 0 Å². The molecule has 1 aliphatic heterocycles. The van der Waals surface area contributed by atoms with Gasteiger partial charge in [-0.05, 0) is 54.4 Å². The number of ether oxygens (including phenoxy) is 1. The lowest BCUT2D eigenvalue weighted by molar-refractivity contribution is -0.141. The first-order valence-corrected chi connectivity index (χ1v) is 8.13. The van der Waals surface area contributed by atoms with Gasteiger partial charge in [-0.3, -0.25) is 4.79 Å². The third kappa shape index (κ3) is 4.16. The molecule has 2 rings (SSSR count). The summed E-state index contributed by atoms with van der Waals surface area (Å²) in [6.45, 7) is 5.77. The molecule has 3 N–H and O–H groups in total. The monoisotopic (exact) mass is 384 g/mol. The van der Waals surface area contributed by atoms with Crippen molar-refractivity contribution in [3.8, 4) is 0 Å². The van der Waals surface area contributed by atoms with Crippen LogP contribution in [0.5, 0.6) is 0 Å². The molecule has 1 saturated heterocycles. The molecule has 0 bridgehead atoms. The molecule has 126 valence electrons. The minimum atomic E-state index is -0.928. The Morgan fingerprint density at radius 2 is 2.00 bits per heavy atom. The smallest absolute Gasteiger partial charge is 0.410 e. The van der Waals surface area contributed by atoms with E-state index < -0.39 is 23.6 Å². The summed E-state index contributed by atoms with van der Waals surface area (Å²) in [6.07, 6.45) is -0.490. The van der Waals surface area contributed by atoms with Gasteiger partial charge >= 0.3 is 12.1 Å². The van der Waals surface area contributed by atoms with Crippen LogP contribution in [-0.4, -0.2) is 40.8 Å². The number of carboxylic acids is 1. The van der Waals surface area contributed by atoms with Gasteiger partial charge in [-0.1, -0.05) is 6.07 Å². The van der Waals surface area contributed by atoms with Gasteiger partial charge in [0.05, 0.1) is 5.92 Å². The van der Waals surface area contributed by atoms with Crippen LogP contribution in [0.15, 0.2) is 22.7 Å². The molecule has 1 aromatic rings. The normalized spacial score (nSPS) is 21.3. The van der Waals surface area contributed by atoms with Gasteiger partial charge in [0.1, 0.15) is 5.60 Å². The number of carboxylic acid groups (broad SMARTS) is 1. The van der Waals surface area contributed by atoms with Crippen molar-refractivity contribution in [3.63, 3.8) is 0 Å². The SMILES string of the molecule is CC(C)(C)OC(=O)N1C[C@H](C(=O)O)[C@@H](c2ccc(Br)c(N)c2)C1. The predicted molar refractivity (Wildman–Crippen MR) is 90.2 cm³/mol. The lowest BCUT2D eigenvalue weighted by atomic mass is 9.89. The number of aliphatic carboxylic acids is 1. The summed E-state index contributed by atoms with van der Waals surface area (Å²) >= 11 is 3.32. The van der Waals surface area contributed by atoms with E-state index in [4.69, 9.17) is 10.5 Å². The zero-order valence-corrected chi connectivity index (χ0v) is 15.0. The van der Waals surface area contributed by atoms with E-state index in [2.05, 4.69) is 15.9 Å². The average molecular weight is 385 g/mol. The van der Waals surface area contributed by atoms with Gasteiger partial charge in [0.15, 0.2) is 0 Å². The van der Waals surface area contributed by atoms with Crippen LogP contribution in [0.3, 0.4) is 0 Å². The summed E-state index contributed by atoms with van der Waals surface area (Å²) in [6, 6.07) is 5.38. The molecular formula is C16H21BrN2O4. The fraction of sp³-hybridized carbons (Fsp3) is 0.500. The number of rotatable bonds is 2. The highest BCUT2D eigenvalue weighted by atomic mass is 79.9. The van der Waals surface area contributed by atoms with E-state index in [1.807, 2.05) is 6.07 Å². The lowest BCUT2D eigenvalue weighted by Crippen LogP contribution is -2.35. The molecule has 1 aromatic carbocycles. The molecule has 1 amide bonds. The van der Waals surface area contributed by atoms with Gasteiger partial charge in [0.2, 0.25) is 0 Å². The summed E-state index contributed by atoms with van der Waals surface area (Å²) in [7, 11) is 0. The summed E-state index contributed by atoms with van der Waals surface area (Å²) < 4.78 is 6.10. The molecule has 0 spiro atoms. The molecule has 0 radical (unpaired) electrons. The Morgan fingerprint density at radius 1 is 1.35 bits per heavy atom. The minimum Gasteiger partial charge on any atom is -0.481 e. The van der Waals surface area contributed by atoms with Crippen molar-refractivity contribution in [3.05, 3.63) is 28.2 Å². The Labute approximate surface area is 143 Å². The van der Waals surface area contributed by atoms with Crippen LogP contribution in [-0.2, 0) is 9.53 Å². The molecule has 6 nitrogen and oxygen atoms in total. The molecule has 0 unspecified atom stereocenters. The largest absolute Gasteiger partial charge is 0.481 e. The molecule has 1 heterocycles. The van der Waals surface area contributed by atoms with Crippen LogP contribution in [0.25, 0.3) is 0 Å². The predicted octanol–water partition coefficient (Wildman–Crippen LogP) is 3.07. The molecular weight excluding hydrogens is 364 g/mol. The highest BCUT2D eigenvalue weighted by molar-refractivity contribution is 9.10. The number of likely N-dealkylation sites (tertiary alicyclic amines) is 1. The Hall–Kier alpha value is -1.76. The summed E-state index contributed by atoms with van der Waals surface area (Å²) in [5.41, 5.74) is 6.63. The number of nitrogens with zero attached hydrogens (tertiary/aromatic N) is 1. The number of nitrogen functional groups attached to an aromatic ring is 1. The van der Waals surface area contributed by atoms with E-state index in [1.54, 1.807) is 32.9 Å². The molecule has 23 heavy (non-hydrogen) atoms. The molecule has 0 aliphatic carbocycles. The number of hydrogen-bond donors (Lipinski definition) is 2. The van der Waals surface area contributed by atoms with Crippen LogP contribution < -0.4 is 5.73 Å². The maximum atomic E-state index is 12.2. The van der Waals surface area contributed by atoms with Crippen molar-refractivity contribution in [1.82, 2.24) is 4.90 Å². The molecule has 0 saturated carbocycles. The van der Waals surface area contributed by atoms with Crippen LogP contribution in [0, 0.1) is 5.92 Å². The number of benzene rings is 1. The van der Waals surface area contributed by atoms with Crippen LogP contribution >= 0.6 is 15.9 Å². The standard InChI is InChI=1S/C16H21BrN2O4/c1-16(2,3)23-15(22)19-7-10(11(8-19)14(20)21)9-4-5-12(17)13(18)6-9/h4-6,10-11H,7-8,18H2,1-3H3,(H,20,21)/t10-,11+/m1/s1. The second-order valence-electron chi connectivity index (χ2n) is 6.72. The third-order valence-electron chi connectivity index (χ3n) is 3.74. The van der Waals surface area contributed by atoms with E-state index in [-0.39, 0.29) is 12.5 Å². The van der Waals surface area contributed by atoms with E-state index in [1.165, 1.54) is 4.90 Å². The minimum absolute atomic E-state index is 0.130. The zero-order chi connectivity index (χ0) is 17.4. The molecule has 2 atom stereocenters. The number of carbonyl (C=O) groups is 2. The number of amides is 1. The fourth-order valence-corrected chi connectivity index (χ4v) is 2.91. The Kier molecular flexibility index (Phi) is 4.89. The average Bonchev–Trinajstić information content (AvgIpc) is 2.85. The number of halogens is 1. The second-order valence-corrected chi connectivity index (χ2v) is 7.57. The molecule has 1 fully saturated rings. The van der Waals surface area contributed by atoms with Crippen LogP contribution in [0.4, 0.5) is 10.5 Å². The zero-order valence-electron chi connectivity index (χ0n) is 13.4. The van der Waals surface area contributed by atoms with Gasteiger partial charge in [0, 0.05) is 29.2 Å². The van der Waals surface area contributed by atoms with Crippen molar-refractivity contribution in [2.45, 2.75) is 32.3 Å². The van der Waals surface area contributed by atoms with Crippen LogP contribution in [0.1, 0.15) is 32.3 Å². The second kappa shape index (κ2) is 6.39. The maximum Gasteiger partial charge on any atom is 0.410 e. The molecule has 0 aromatic heterocycles. The Morgan fingerprint density at radius 3 is 2.52 bits per heavy atom. The quantitative estimate of drug-likeness (QED) is 0.764. The van der Waals surface area contributed by atoms with E-state index in [0.717, 1.165) is 10.0 Å². The lowest BCUT2D eigenvalue weighted by Gasteiger charge is -2.24. The highest BCUT2D eigenvalue weighted by Gasteiger charge is 2.41. The molecule has 7 heteroatoms. The number of carbonyl (C=O) groups excluding carboxylic acids is 1. The summed E-state index contributed by atoms with van der Waals surface area (Å²) in [5, 5.41) is 9.48. The number of nitrogens with two attached hydrogens (primary N) is 1. The van der Waals surface area contributed by atoms with E-state index in [9.17, 15) is 14.7 Å². The first-order chi connectivity index (χ1) is 10.6. The fourth-order valence-electron chi connectivity index (χ4n) is 2.66. The van der Waals surface area contributed by atoms with Crippen molar-refractivity contribution >= 4 is 33.7 Å². The molecule has 1 aliphatic rings. The van der Waals surface area contributed by atoms with Gasteiger partial charge in [0.25, 0.3) is 0 Å². The topological polar surface area (TPSA) is 92.9 Å². The van der Waals surface area contributed by atoms with Gasteiger partial charge in [-0.15, -0.1) is 0 Å². The number of anilines is 1. The van der Waals surface area contributed by atoms with Crippen molar-refractivity contribution in [1.29, 1.82) is 0 Å². The van der Waals surface area contributed by atoms with Crippen molar-refractivity contribution in [2.24, 2.45) is 5.92 Å². The van der Waals surface area contributed by atoms with Crippen LogP contribution in [0.2, 0.25) is 0 Å². The van der Waals surface area contributed by atoms with E-state index in [0.29, 0.717) is 12.2 Å². The van der Waals surface area contributed by atoms with Crippen molar-refractivity contribution < 1.29 is 19.4 Å². The summed E-state index contributed by atoms with van der Waals surface area (Å²) in [4.78, 5) is 25.2. The Bertz CT molecular complexity index is 627.